The summed E-state index contributed by atoms with van der Waals surface area (Å²) in [6.45, 7) is 5.19. The Morgan fingerprint density at radius 2 is 2.15 bits per heavy atom. The summed E-state index contributed by atoms with van der Waals surface area (Å²) in [5.41, 5.74) is 3.33. The van der Waals surface area contributed by atoms with Crippen molar-refractivity contribution < 1.29 is 4.74 Å². The molecule has 2 aromatic rings. The highest BCUT2D eigenvalue weighted by molar-refractivity contribution is 5.11. The lowest BCUT2D eigenvalue weighted by Crippen LogP contribution is -2.19. The molecule has 0 fully saturated rings. The second-order valence-electron chi connectivity index (χ2n) is 4.78. The van der Waals surface area contributed by atoms with Crippen molar-refractivity contribution in [3.8, 4) is 0 Å². The van der Waals surface area contributed by atoms with E-state index in [0.717, 1.165) is 44.0 Å². The first kappa shape index (κ1) is 14.7. The zero-order chi connectivity index (χ0) is 14.4. The van der Waals surface area contributed by atoms with Gasteiger partial charge in [-0.15, -0.1) is 0 Å². The molecule has 1 N–H and O–H groups in total. The number of aryl methyl sites for hydroxylation is 2. The molecule has 0 saturated heterocycles. The van der Waals surface area contributed by atoms with Crippen LogP contribution in [0.25, 0.3) is 0 Å². The molecular formula is C14H23N5O. The zero-order valence-electron chi connectivity index (χ0n) is 12.5. The van der Waals surface area contributed by atoms with Crippen LogP contribution in [0.3, 0.4) is 0 Å². The summed E-state index contributed by atoms with van der Waals surface area (Å²) in [5, 5.41) is 12.3. The maximum absolute atomic E-state index is 4.99. The number of hydrogen-bond acceptors (Lipinski definition) is 4. The average molecular weight is 277 g/mol. The predicted molar refractivity (Wildman–Crippen MR) is 77.5 cm³/mol. The molecule has 0 radical (unpaired) electrons. The number of hydrogen-bond donors (Lipinski definition) is 1. The quantitative estimate of drug-likeness (QED) is 0.730. The first-order valence-electron chi connectivity index (χ1n) is 6.96. The molecule has 6 nitrogen and oxygen atoms in total. The van der Waals surface area contributed by atoms with Crippen molar-refractivity contribution >= 4 is 0 Å². The Balaban J connectivity index is 1.90. The van der Waals surface area contributed by atoms with E-state index in [1.165, 1.54) is 5.69 Å². The Morgan fingerprint density at radius 3 is 2.85 bits per heavy atom. The van der Waals surface area contributed by atoms with Crippen molar-refractivity contribution in [2.24, 2.45) is 7.05 Å². The van der Waals surface area contributed by atoms with E-state index in [1.54, 1.807) is 7.11 Å². The lowest BCUT2D eigenvalue weighted by molar-refractivity contribution is 0.199. The number of rotatable bonds is 8. The maximum atomic E-state index is 4.99. The average Bonchev–Trinajstić information content (AvgIpc) is 3.03. The highest BCUT2D eigenvalue weighted by Gasteiger charge is 2.06. The largest absolute Gasteiger partial charge is 0.383 e. The second-order valence-corrected chi connectivity index (χ2v) is 4.78. The van der Waals surface area contributed by atoms with Gasteiger partial charge in [-0.05, 0) is 18.6 Å². The van der Waals surface area contributed by atoms with Gasteiger partial charge in [0.2, 0.25) is 0 Å². The minimum Gasteiger partial charge on any atom is -0.383 e. The molecule has 0 atom stereocenters. The Morgan fingerprint density at radius 1 is 1.30 bits per heavy atom. The lowest BCUT2D eigenvalue weighted by atomic mass is 10.3. The van der Waals surface area contributed by atoms with Gasteiger partial charge in [0, 0.05) is 33.4 Å². The third-order valence-electron chi connectivity index (χ3n) is 3.20. The third-order valence-corrected chi connectivity index (χ3v) is 3.20. The van der Waals surface area contributed by atoms with Gasteiger partial charge >= 0.3 is 0 Å². The van der Waals surface area contributed by atoms with E-state index in [2.05, 4.69) is 28.5 Å². The van der Waals surface area contributed by atoms with Gasteiger partial charge in [0.05, 0.1) is 30.2 Å². The van der Waals surface area contributed by atoms with Crippen molar-refractivity contribution in [3.63, 3.8) is 0 Å². The monoisotopic (exact) mass is 277 g/mol. The summed E-state index contributed by atoms with van der Waals surface area (Å²) in [7, 11) is 3.68. The van der Waals surface area contributed by atoms with Crippen LogP contribution in [-0.2, 0) is 31.3 Å². The molecule has 20 heavy (non-hydrogen) atoms. The summed E-state index contributed by atoms with van der Waals surface area (Å²) in [5.74, 6) is 0. The number of aromatic nitrogens is 4. The van der Waals surface area contributed by atoms with Crippen molar-refractivity contribution in [2.45, 2.75) is 26.4 Å². The molecule has 0 unspecified atom stereocenters. The fraction of sp³-hybridized carbons (Fsp3) is 0.571. The molecule has 2 heterocycles. The van der Waals surface area contributed by atoms with E-state index in [-0.39, 0.29) is 0 Å². The topological polar surface area (TPSA) is 56.9 Å². The molecule has 6 heteroatoms. The van der Waals surface area contributed by atoms with Gasteiger partial charge in [-0.25, -0.2) is 0 Å². The van der Waals surface area contributed by atoms with Gasteiger partial charge in [0.15, 0.2) is 0 Å². The van der Waals surface area contributed by atoms with Crippen LogP contribution in [0.1, 0.15) is 24.0 Å². The van der Waals surface area contributed by atoms with Gasteiger partial charge in [0.1, 0.15) is 0 Å². The maximum Gasteiger partial charge on any atom is 0.0828 e. The molecule has 0 aliphatic carbocycles. The van der Waals surface area contributed by atoms with Crippen LogP contribution < -0.4 is 5.32 Å². The summed E-state index contributed by atoms with van der Waals surface area (Å²) >= 11 is 0. The zero-order valence-corrected chi connectivity index (χ0v) is 12.5. The number of methoxy groups -OCH3 is 1. The smallest absolute Gasteiger partial charge is 0.0828 e. The van der Waals surface area contributed by atoms with Gasteiger partial charge in [-0.2, -0.15) is 10.2 Å². The van der Waals surface area contributed by atoms with E-state index in [4.69, 9.17) is 4.74 Å². The summed E-state index contributed by atoms with van der Waals surface area (Å²) in [6, 6.07) is 4.18. The Hall–Kier alpha value is -1.66. The summed E-state index contributed by atoms with van der Waals surface area (Å²) < 4.78 is 8.87. The van der Waals surface area contributed by atoms with Crippen LogP contribution in [0.5, 0.6) is 0 Å². The molecule has 0 aliphatic heterocycles. The first-order chi connectivity index (χ1) is 9.72. The molecular weight excluding hydrogens is 254 g/mol. The number of ether oxygens (including phenoxy) is 1. The van der Waals surface area contributed by atoms with Gasteiger partial charge in [0.25, 0.3) is 0 Å². The van der Waals surface area contributed by atoms with Gasteiger partial charge in [-0.3, -0.25) is 9.36 Å². The van der Waals surface area contributed by atoms with Gasteiger partial charge in [-0.1, -0.05) is 6.92 Å². The normalized spacial score (nSPS) is 11.2. The van der Waals surface area contributed by atoms with Crippen molar-refractivity contribution in [1.29, 1.82) is 0 Å². The van der Waals surface area contributed by atoms with Crippen LogP contribution in [0.15, 0.2) is 18.3 Å². The molecule has 2 rings (SSSR count). The van der Waals surface area contributed by atoms with E-state index in [0.29, 0.717) is 0 Å². The second kappa shape index (κ2) is 7.21. The fourth-order valence-corrected chi connectivity index (χ4v) is 2.03. The van der Waals surface area contributed by atoms with Crippen LogP contribution in [0.4, 0.5) is 0 Å². The van der Waals surface area contributed by atoms with Gasteiger partial charge < -0.3 is 10.1 Å². The van der Waals surface area contributed by atoms with Crippen LogP contribution >= 0.6 is 0 Å². The minimum absolute atomic E-state index is 0.718. The Labute approximate surface area is 119 Å². The Kier molecular flexibility index (Phi) is 5.31. The highest BCUT2D eigenvalue weighted by atomic mass is 16.5. The van der Waals surface area contributed by atoms with Crippen LogP contribution in [-0.4, -0.2) is 39.8 Å². The van der Waals surface area contributed by atoms with Crippen molar-refractivity contribution in [3.05, 3.63) is 35.4 Å². The lowest BCUT2D eigenvalue weighted by Gasteiger charge is -2.03. The first-order valence-corrected chi connectivity index (χ1v) is 6.96. The number of nitrogens with zero attached hydrogens (tertiary/aromatic N) is 4. The molecule has 110 valence electrons. The fourth-order valence-electron chi connectivity index (χ4n) is 2.03. The third kappa shape index (κ3) is 3.91. The molecule has 0 spiro atoms. The molecule has 0 bridgehead atoms. The van der Waals surface area contributed by atoms with E-state index in [9.17, 15) is 0 Å². The van der Waals surface area contributed by atoms with Crippen molar-refractivity contribution in [1.82, 2.24) is 24.9 Å². The molecule has 0 aliphatic rings. The van der Waals surface area contributed by atoms with Crippen LogP contribution in [0, 0.1) is 0 Å². The molecule has 2 aromatic heterocycles. The molecule has 0 saturated carbocycles. The minimum atomic E-state index is 0.718. The van der Waals surface area contributed by atoms with E-state index >= 15 is 0 Å². The summed E-state index contributed by atoms with van der Waals surface area (Å²) in [4.78, 5) is 0. The van der Waals surface area contributed by atoms with E-state index in [1.807, 2.05) is 28.7 Å². The Bertz CT molecular complexity index is 531. The van der Waals surface area contributed by atoms with E-state index < -0.39 is 0 Å². The standard InChI is InChI=1S/C14H23N5O/c1-4-12-9-14(18(2)16-12)11-19-7-5-13(17-19)10-15-6-8-20-3/h5,7,9,15H,4,6,8,10-11H2,1-3H3. The summed E-state index contributed by atoms with van der Waals surface area (Å²) in [6.07, 6.45) is 2.97. The van der Waals surface area contributed by atoms with Crippen LogP contribution in [0.2, 0.25) is 0 Å². The van der Waals surface area contributed by atoms with Crippen molar-refractivity contribution in [2.75, 3.05) is 20.3 Å². The molecule has 0 amide bonds. The molecule has 0 aromatic carbocycles. The number of nitrogens with one attached hydrogen (secondary N) is 1. The SMILES string of the molecule is CCc1cc(Cn2ccc(CNCCOC)n2)n(C)n1. The predicted octanol–water partition coefficient (Wildman–Crippen LogP) is 0.963. The highest BCUT2D eigenvalue weighted by Crippen LogP contribution is 2.06.